The molecule has 2 fully saturated rings. The van der Waals surface area contributed by atoms with Gasteiger partial charge in [0.2, 0.25) is 11.8 Å². The highest BCUT2D eigenvalue weighted by Crippen LogP contribution is 2.35. The van der Waals surface area contributed by atoms with Crippen LogP contribution in [-0.2, 0) is 31.9 Å². The molecule has 2 N–H and O–H groups in total. The van der Waals surface area contributed by atoms with Gasteiger partial charge in [-0.05, 0) is 63.9 Å². The van der Waals surface area contributed by atoms with Crippen molar-refractivity contribution >= 4 is 29.2 Å². The molecule has 0 aliphatic carbocycles. The lowest BCUT2D eigenvalue weighted by molar-refractivity contribution is -0.146. The second-order valence-electron chi connectivity index (χ2n) is 11.3. The minimum Gasteiger partial charge on any atom is -0.598 e. The van der Waals surface area contributed by atoms with Crippen LogP contribution in [0.5, 0.6) is 11.5 Å². The lowest BCUT2D eigenvalue weighted by atomic mass is 9.91. The van der Waals surface area contributed by atoms with Gasteiger partial charge in [-0.25, -0.2) is 18.6 Å². The van der Waals surface area contributed by atoms with Crippen LogP contribution in [-0.4, -0.2) is 62.5 Å². The number of pyridine rings is 1. The number of nitrogens with one attached hydrogen (secondary N) is 2. The fourth-order valence-corrected chi connectivity index (χ4v) is 5.54. The Bertz CT molecular complexity index is 1370. The zero-order valence-corrected chi connectivity index (χ0v) is 24.8. The summed E-state index contributed by atoms with van der Waals surface area (Å²) in [5.41, 5.74) is -1.54. The van der Waals surface area contributed by atoms with Crippen molar-refractivity contribution in [3.05, 3.63) is 53.6 Å². The topological polar surface area (TPSA) is 133 Å². The highest BCUT2D eigenvalue weighted by molar-refractivity contribution is 7.90. The number of urea groups is 1. The third-order valence-electron chi connectivity index (χ3n) is 7.03. The Morgan fingerprint density at radius 2 is 1.80 bits per heavy atom. The van der Waals surface area contributed by atoms with Crippen LogP contribution >= 0.6 is 0 Å². The lowest BCUT2D eigenvalue weighted by Gasteiger charge is -2.38. The SMILES string of the molecule is CC(C)(C)[S+]([O-])NC(c1cc(Oc2ccc(C(F)(F)F)nc2)ccc1F)C(F)CC1C(=O)NC(=O)N(C2CCOCC2)C1=O. The minimum absolute atomic E-state index is 0.105. The van der Waals surface area contributed by atoms with Crippen LogP contribution in [0.4, 0.5) is 26.7 Å². The smallest absolute Gasteiger partial charge is 0.433 e. The molecule has 16 heteroatoms. The van der Waals surface area contributed by atoms with Crippen LogP contribution in [0, 0.1) is 11.7 Å². The molecule has 2 saturated heterocycles. The van der Waals surface area contributed by atoms with Gasteiger partial charge < -0.3 is 14.0 Å². The Morgan fingerprint density at radius 3 is 2.39 bits per heavy atom. The van der Waals surface area contributed by atoms with Gasteiger partial charge in [-0.3, -0.25) is 19.8 Å². The summed E-state index contributed by atoms with van der Waals surface area (Å²) in [6, 6.07) is 1.67. The number of alkyl halides is 4. The number of hydrogen-bond donors (Lipinski definition) is 2. The molecule has 2 aromatic rings. The van der Waals surface area contributed by atoms with E-state index in [0.29, 0.717) is 18.9 Å². The minimum atomic E-state index is -4.68. The number of benzene rings is 1. The molecule has 0 bridgehead atoms. The number of rotatable bonds is 9. The highest BCUT2D eigenvalue weighted by Gasteiger charge is 2.46. The summed E-state index contributed by atoms with van der Waals surface area (Å²) < 4.78 is 95.5. The van der Waals surface area contributed by atoms with E-state index in [1.165, 1.54) is 0 Å². The predicted octanol–water partition coefficient (Wildman–Crippen LogP) is 4.73. The molecule has 4 amide bonds. The van der Waals surface area contributed by atoms with Crippen molar-refractivity contribution in [2.45, 2.75) is 69.2 Å². The normalized spacial score (nSPS) is 20.7. The van der Waals surface area contributed by atoms with Crippen LogP contribution in [0.25, 0.3) is 0 Å². The number of amides is 4. The molecule has 1 aromatic carbocycles. The van der Waals surface area contributed by atoms with Crippen molar-refractivity contribution in [3.63, 3.8) is 0 Å². The molecule has 2 aliphatic rings. The number of ether oxygens (including phenoxy) is 2. The maximum absolute atomic E-state index is 16.2. The van der Waals surface area contributed by atoms with Gasteiger partial charge in [0.25, 0.3) is 0 Å². The number of nitrogens with zero attached hydrogens (tertiary/aromatic N) is 2. The first-order valence-electron chi connectivity index (χ1n) is 13.6. The molecule has 2 aliphatic heterocycles. The summed E-state index contributed by atoms with van der Waals surface area (Å²) in [6.07, 6.45) is -6.17. The van der Waals surface area contributed by atoms with Gasteiger partial charge in [0.05, 0.1) is 6.20 Å². The molecule has 4 unspecified atom stereocenters. The molecular weight excluding hydrogens is 615 g/mol. The van der Waals surface area contributed by atoms with E-state index in [1.54, 1.807) is 20.8 Å². The Morgan fingerprint density at radius 1 is 1.14 bits per heavy atom. The second-order valence-corrected chi connectivity index (χ2v) is 13.3. The summed E-state index contributed by atoms with van der Waals surface area (Å²) in [7, 11) is 0. The zero-order valence-electron chi connectivity index (χ0n) is 24.0. The number of aromatic nitrogens is 1. The summed E-state index contributed by atoms with van der Waals surface area (Å²) in [5, 5.41) is 2.09. The lowest BCUT2D eigenvalue weighted by Crippen LogP contribution is -2.62. The standard InChI is InChI=1S/C28H31F5N4O6S/c1-27(2,3)44(41)36-23(18-12-16(4-6-20(18)29)43-17-5-7-22(34-14-17)28(31,32)33)21(30)13-19-24(38)35-26(40)37(25(19)39)15-8-10-42-11-9-15/h4-7,12,14-15,19,21,23,36H,8-11,13H2,1-3H3,(H,35,38,40). The molecule has 4 rings (SSSR count). The van der Waals surface area contributed by atoms with E-state index in [2.05, 4.69) is 15.0 Å². The van der Waals surface area contributed by atoms with Gasteiger partial charge in [-0.1, -0.05) is 0 Å². The summed E-state index contributed by atoms with van der Waals surface area (Å²) >= 11 is -1.97. The maximum Gasteiger partial charge on any atom is 0.433 e. The number of hydrogen-bond acceptors (Lipinski definition) is 8. The van der Waals surface area contributed by atoms with Gasteiger partial charge in [-0.2, -0.15) is 13.2 Å². The van der Waals surface area contributed by atoms with Gasteiger partial charge in [0.15, 0.2) is 0 Å². The van der Waals surface area contributed by atoms with Gasteiger partial charge in [0, 0.05) is 42.6 Å². The summed E-state index contributed by atoms with van der Waals surface area (Å²) in [4.78, 5) is 42.7. The molecule has 3 heterocycles. The highest BCUT2D eigenvalue weighted by atomic mass is 32.2. The van der Waals surface area contributed by atoms with Crippen LogP contribution in [0.2, 0.25) is 0 Å². The molecule has 10 nitrogen and oxygen atoms in total. The van der Waals surface area contributed by atoms with Crippen LogP contribution in [0.15, 0.2) is 36.5 Å². The van der Waals surface area contributed by atoms with Crippen molar-refractivity contribution in [1.29, 1.82) is 0 Å². The first-order chi connectivity index (χ1) is 20.6. The molecule has 1 aromatic heterocycles. The fourth-order valence-electron chi connectivity index (χ4n) is 4.68. The molecule has 240 valence electrons. The third-order valence-corrected chi connectivity index (χ3v) is 8.62. The molecular formula is C28H31F5N4O6S. The van der Waals surface area contributed by atoms with Crippen molar-refractivity contribution in [2.75, 3.05) is 13.2 Å². The maximum atomic E-state index is 16.2. The number of halogens is 5. The zero-order chi connectivity index (χ0) is 32.4. The average molecular weight is 647 g/mol. The number of carbonyl (C=O) groups excluding carboxylic acids is 3. The van der Waals surface area contributed by atoms with E-state index in [0.717, 1.165) is 35.4 Å². The molecule has 44 heavy (non-hydrogen) atoms. The largest absolute Gasteiger partial charge is 0.598 e. The summed E-state index contributed by atoms with van der Waals surface area (Å²) in [6.45, 7) is 5.34. The van der Waals surface area contributed by atoms with Gasteiger partial charge in [0.1, 0.15) is 45.9 Å². The quantitative estimate of drug-likeness (QED) is 0.227. The van der Waals surface area contributed by atoms with Gasteiger partial charge in [-0.15, -0.1) is 4.72 Å². The van der Waals surface area contributed by atoms with E-state index in [4.69, 9.17) is 9.47 Å². The molecule has 4 atom stereocenters. The first-order valence-corrected chi connectivity index (χ1v) is 14.8. The van der Waals surface area contributed by atoms with Gasteiger partial charge >= 0.3 is 12.2 Å². The molecule has 0 spiro atoms. The second kappa shape index (κ2) is 13.3. The number of imide groups is 2. The van der Waals surface area contributed by atoms with Crippen molar-refractivity contribution in [1.82, 2.24) is 19.9 Å². The van der Waals surface area contributed by atoms with Crippen LogP contribution in [0.3, 0.4) is 0 Å². The van der Waals surface area contributed by atoms with E-state index >= 15 is 8.78 Å². The van der Waals surface area contributed by atoms with E-state index in [-0.39, 0.29) is 30.3 Å². The average Bonchev–Trinajstić information content (AvgIpc) is 2.94. The number of carbonyl (C=O) groups is 3. The Kier molecular flexibility index (Phi) is 10.2. The van der Waals surface area contributed by atoms with Crippen molar-refractivity contribution < 1.29 is 50.4 Å². The Labute approximate surface area is 253 Å². The van der Waals surface area contributed by atoms with E-state index < -0.39 is 82.2 Å². The fraction of sp³-hybridized carbons (Fsp3) is 0.500. The Hall–Kier alpha value is -3.34. The van der Waals surface area contributed by atoms with Crippen molar-refractivity contribution in [3.8, 4) is 11.5 Å². The monoisotopic (exact) mass is 646 g/mol. The Balaban J connectivity index is 1.61. The summed E-state index contributed by atoms with van der Waals surface area (Å²) in [5.74, 6) is -4.75. The predicted molar refractivity (Wildman–Crippen MR) is 147 cm³/mol. The molecule has 0 radical (unpaired) electrons. The van der Waals surface area contributed by atoms with Crippen LogP contribution < -0.4 is 14.8 Å². The van der Waals surface area contributed by atoms with Crippen LogP contribution in [0.1, 0.15) is 57.3 Å². The third kappa shape index (κ3) is 7.83. The molecule has 0 saturated carbocycles. The van der Waals surface area contributed by atoms with E-state index in [9.17, 15) is 32.1 Å². The van der Waals surface area contributed by atoms with Crippen molar-refractivity contribution in [2.24, 2.45) is 5.92 Å². The first kappa shape index (κ1) is 33.6. The van der Waals surface area contributed by atoms with E-state index in [1.807, 2.05) is 0 Å². The number of barbiturate groups is 1.